The first kappa shape index (κ1) is 19.2. The van der Waals surface area contributed by atoms with Crippen molar-refractivity contribution >= 4 is 28.6 Å². The molecule has 5 heterocycles. The number of hydrogen-bond donors (Lipinski definition) is 3. The highest BCUT2D eigenvalue weighted by atomic mass is 16.5. The Labute approximate surface area is 175 Å². The molecule has 5 rings (SSSR count). The minimum atomic E-state index is 0.0114. The first-order chi connectivity index (χ1) is 14.6. The number of hydrogen-bond acceptors (Lipinski definition) is 8. The SMILES string of the molecule is CC(C)n1cnc2cnc(Nc3ccnc(NC4COC5(CCNCC5)C4)n3)cc21. The Morgan fingerprint density at radius 1 is 1.20 bits per heavy atom. The third-order valence-electron chi connectivity index (χ3n) is 5.99. The number of imidazole rings is 1. The van der Waals surface area contributed by atoms with Crippen LogP contribution < -0.4 is 16.0 Å². The molecular formula is C21H28N8O. The average Bonchev–Trinajstić information content (AvgIpc) is 3.33. The summed E-state index contributed by atoms with van der Waals surface area (Å²) >= 11 is 0. The highest BCUT2D eigenvalue weighted by Crippen LogP contribution is 2.34. The fourth-order valence-corrected chi connectivity index (χ4v) is 4.39. The number of piperidine rings is 1. The summed E-state index contributed by atoms with van der Waals surface area (Å²) in [5.74, 6) is 2.03. The molecule has 2 fully saturated rings. The topological polar surface area (TPSA) is 102 Å². The number of ether oxygens (including phenoxy) is 1. The molecule has 2 aliphatic heterocycles. The molecule has 9 heteroatoms. The first-order valence-electron chi connectivity index (χ1n) is 10.6. The molecule has 0 aromatic carbocycles. The monoisotopic (exact) mass is 408 g/mol. The zero-order chi connectivity index (χ0) is 20.6. The van der Waals surface area contributed by atoms with E-state index in [2.05, 4.69) is 54.3 Å². The summed E-state index contributed by atoms with van der Waals surface area (Å²) in [4.78, 5) is 17.9. The van der Waals surface area contributed by atoms with E-state index in [1.807, 2.05) is 18.5 Å². The van der Waals surface area contributed by atoms with E-state index in [-0.39, 0.29) is 11.6 Å². The Morgan fingerprint density at radius 3 is 2.90 bits per heavy atom. The Kier molecular flexibility index (Phi) is 5.00. The Bertz CT molecular complexity index is 1030. The van der Waals surface area contributed by atoms with E-state index in [0.717, 1.165) is 49.2 Å². The van der Waals surface area contributed by atoms with Gasteiger partial charge in [-0.3, -0.25) is 0 Å². The van der Waals surface area contributed by atoms with E-state index < -0.39 is 0 Å². The maximum atomic E-state index is 6.16. The van der Waals surface area contributed by atoms with E-state index in [0.29, 0.717) is 24.4 Å². The highest BCUT2D eigenvalue weighted by Gasteiger charge is 2.41. The maximum Gasteiger partial charge on any atom is 0.224 e. The van der Waals surface area contributed by atoms with Crippen LogP contribution in [0.5, 0.6) is 0 Å². The van der Waals surface area contributed by atoms with E-state index >= 15 is 0 Å². The van der Waals surface area contributed by atoms with Crippen molar-refractivity contribution in [3.8, 4) is 0 Å². The highest BCUT2D eigenvalue weighted by molar-refractivity contribution is 5.78. The molecule has 2 aliphatic rings. The molecule has 30 heavy (non-hydrogen) atoms. The van der Waals surface area contributed by atoms with Gasteiger partial charge in [-0.1, -0.05) is 0 Å². The molecule has 1 atom stereocenters. The van der Waals surface area contributed by atoms with Crippen molar-refractivity contribution in [2.75, 3.05) is 30.3 Å². The van der Waals surface area contributed by atoms with Gasteiger partial charge >= 0.3 is 0 Å². The van der Waals surface area contributed by atoms with Gasteiger partial charge < -0.3 is 25.3 Å². The first-order valence-corrected chi connectivity index (χ1v) is 10.6. The minimum Gasteiger partial charge on any atom is -0.373 e. The van der Waals surface area contributed by atoms with Crippen molar-refractivity contribution in [3.63, 3.8) is 0 Å². The number of aromatic nitrogens is 5. The van der Waals surface area contributed by atoms with E-state index in [1.54, 1.807) is 12.4 Å². The Balaban J connectivity index is 1.28. The molecule has 1 spiro atoms. The number of rotatable bonds is 5. The van der Waals surface area contributed by atoms with Crippen LogP contribution in [-0.4, -0.2) is 55.8 Å². The summed E-state index contributed by atoms with van der Waals surface area (Å²) in [5, 5.41) is 10.1. The molecular weight excluding hydrogens is 380 g/mol. The minimum absolute atomic E-state index is 0.0114. The number of nitrogens with zero attached hydrogens (tertiary/aromatic N) is 5. The largest absolute Gasteiger partial charge is 0.373 e. The smallest absolute Gasteiger partial charge is 0.224 e. The normalized spacial score (nSPS) is 20.8. The van der Waals surface area contributed by atoms with Crippen LogP contribution in [0.4, 0.5) is 17.6 Å². The van der Waals surface area contributed by atoms with Crippen molar-refractivity contribution in [1.82, 2.24) is 29.8 Å². The predicted molar refractivity (Wildman–Crippen MR) is 116 cm³/mol. The quantitative estimate of drug-likeness (QED) is 0.592. The molecule has 0 aliphatic carbocycles. The zero-order valence-electron chi connectivity index (χ0n) is 17.4. The van der Waals surface area contributed by atoms with Crippen LogP contribution >= 0.6 is 0 Å². The van der Waals surface area contributed by atoms with Crippen molar-refractivity contribution in [2.45, 2.75) is 50.8 Å². The molecule has 0 bridgehead atoms. The maximum absolute atomic E-state index is 6.16. The molecule has 3 N–H and O–H groups in total. The number of anilines is 3. The van der Waals surface area contributed by atoms with Gasteiger partial charge in [-0.2, -0.15) is 4.98 Å². The van der Waals surface area contributed by atoms with Gasteiger partial charge in [0.1, 0.15) is 17.2 Å². The van der Waals surface area contributed by atoms with Crippen LogP contribution in [0, 0.1) is 0 Å². The van der Waals surface area contributed by atoms with Crippen molar-refractivity contribution < 1.29 is 4.74 Å². The van der Waals surface area contributed by atoms with Gasteiger partial charge in [-0.15, -0.1) is 0 Å². The Hall–Kier alpha value is -2.78. The van der Waals surface area contributed by atoms with Crippen LogP contribution in [0.1, 0.15) is 39.2 Å². The molecule has 0 saturated carbocycles. The molecule has 1 unspecified atom stereocenters. The summed E-state index contributed by atoms with van der Waals surface area (Å²) in [6.45, 7) is 7.01. The van der Waals surface area contributed by atoms with E-state index in [1.165, 1.54) is 0 Å². The van der Waals surface area contributed by atoms with E-state index in [9.17, 15) is 0 Å². The van der Waals surface area contributed by atoms with Gasteiger partial charge in [0, 0.05) is 18.3 Å². The predicted octanol–water partition coefficient (Wildman–Crippen LogP) is 2.87. The number of nitrogens with one attached hydrogen (secondary N) is 3. The third kappa shape index (κ3) is 3.82. The van der Waals surface area contributed by atoms with Crippen LogP contribution in [0.2, 0.25) is 0 Å². The van der Waals surface area contributed by atoms with Gasteiger partial charge in [-0.25, -0.2) is 15.0 Å². The molecule has 0 amide bonds. The van der Waals surface area contributed by atoms with Crippen LogP contribution in [0.15, 0.2) is 30.9 Å². The summed E-state index contributed by atoms with van der Waals surface area (Å²) < 4.78 is 8.29. The molecule has 9 nitrogen and oxygen atoms in total. The van der Waals surface area contributed by atoms with Crippen molar-refractivity contribution in [1.29, 1.82) is 0 Å². The number of fused-ring (bicyclic) bond motifs is 1. The second-order valence-corrected chi connectivity index (χ2v) is 8.48. The average molecular weight is 409 g/mol. The lowest BCUT2D eigenvalue weighted by Gasteiger charge is -2.32. The van der Waals surface area contributed by atoms with Gasteiger partial charge in [-0.05, 0) is 52.3 Å². The van der Waals surface area contributed by atoms with Crippen molar-refractivity contribution in [3.05, 3.63) is 30.9 Å². The van der Waals surface area contributed by atoms with Crippen LogP contribution in [-0.2, 0) is 4.74 Å². The number of pyridine rings is 1. The fraction of sp³-hybridized carbons (Fsp3) is 0.524. The standard InChI is InChI=1S/C21H28N8O/c1-14(2)29-13-25-16-11-24-19(9-17(16)29)27-18-3-6-23-20(28-18)26-15-10-21(30-12-15)4-7-22-8-5-21/h3,6,9,11,13-15,22H,4-5,7-8,10,12H2,1-2H3,(H2,23,24,26,27,28). The van der Waals surface area contributed by atoms with Crippen LogP contribution in [0.25, 0.3) is 11.0 Å². The lowest BCUT2D eigenvalue weighted by Crippen LogP contribution is -2.41. The van der Waals surface area contributed by atoms with E-state index in [4.69, 9.17) is 4.74 Å². The second-order valence-electron chi connectivity index (χ2n) is 8.48. The van der Waals surface area contributed by atoms with Gasteiger partial charge in [0.25, 0.3) is 0 Å². The van der Waals surface area contributed by atoms with Crippen LogP contribution in [0.3, 0.4) is 0 Å². The Morgan fingerprint density at radius 2 is 2.07 bits per heavy atom. The second kappa shape index (κ2) is 7.81. The zero-order valence-corrected chi connectivity index (χ0v) is 17.4. The lowest BCUT2D eigenvalue weighted by atomic mass is 9.88. The third-order valence-corrected chi connectivity index (χ3v) is 5.99. The molecule has 158 valence electrons. The van der Waals surface area contributed by atoms with Gasteiger partial charge in [0.15, 0.2) is 0 Å². The lowest BCUT2D eigenvalue weighted by molar-refractivity contribution is -0.0192. The summed E-state index contributed by atoms with van der Waals surface area (Å²) in [6.07, 6.45) is 8.51. The molecule has 3 aromatic rings. The van der Waals surface area contributed by atoms with Crippen molar-refractivity contribution in [2.24, 2.45) is 0 Å². The summed E-state index contributed by atoms with van der Waals surface area (Å²) in [5.41, 5.74) is 1.94. The molecule has 2 saturated heterocycles. The molecule has 0 radical (unpaired) electrons. The fourth-order valence-electron chi connectivity index (χ4n) is 4.39. The van der Waals surface area contributed by atoms with Gasteiger partial charge in [0.05, 0.1) is 36.3 Å². The molecule has 3 aromatic heterocycles. The van der Waals surface area contributed by atoms with Gasteiger partial charge in [0.2, 0.25) is 5.95 Å². The summed E-state index contributed by atoms with van der Waals surface area (Å²) in [6, 6.07) is 4.41. The summed E-state index contributed by atoms with van der Waals surface area (Å²) in [7, 11) is 0.